The molecule has 4 nitrogen and oxygen atoms in total. The number of anilines is 1. The largest absolute Gasteiger partial charge is 0.342 e. The van der Waals surface area contributed by atoms with Gasteiger partial charge >= 0.3 is 0 Å². The van der Waals surface area contributed by atoms with Gasteiger partial charge in [-0.25, -0.2) is 0 Å². The van der Waals surface area contributed by atoms with Gasteiger partial charge in [0.05, 0.1) is 5.75 Å². The minimum Gasteiger partial charge on any atom is -0.342 e. The smallest absolute Gasteiger partial charge is 0.232 e. The molecule has 0 bridgehead atoms. The molecule has 1 saturated heterocycles. The second-order valence-corrected chi connectivity index (χ2v) is 9.38. The standard InChI is InChI=1S/C26H26N2O2S/c29-24(17-31-23-12-11-19-10-9-18-5-4-8-22(23)25(18)19)28-15-13-20(14-16-28)26(30)27-21-6-2-1-3-7-21/h1-8,11-12,20H,9-10,13-17H2,(H,27,30). The van der Waals surface area contributed by atoms with Gasteiger partial charge in [-0.3, -0.25) is 9.59 Å². The number of likely N-dealkylation sites (tertiary alicyclic amines) is 1. The first-order valence-corrected chi connectivity index (χ1v) is 12.0. The normalized spacial score (nSPS) is 15.9. The molecule has 2 amide bonds. The molecule has 5 heteroatoms. The van der Waals surface area contributed by atoms with Crippen LogP contribution in [-0.2, 0) is 22.4 Å². The summed E-state index contributed by atoms with van der Waals surface area (Å²) >= 11 is 1.64. The van der Waals surface area contributed by atoms with Crippen LogP contribution in [0.4, 0.5) is 5.69 Å². The quantitative estimate of drug-likeness (QED) is 0.585. The van der Waals surface area contributed by atoms with Gasteiger partial charge in [0.25, 0.3) is 0 Å². The lowest BCUT2D eigenvalue weighted by molar-refractivity contribution is -0.132. The maximum atomic E-state index is 12.8. The Bertz CT molecular complexity index is 1110. The highest BCUT2D eigenvalue weighted by Gasteiger charge is 2.27. The number of amides is 2. The number of hydrogen-bond donors (Lipinski definition) is 1. The number of benzene rings is 3. The van der Waals surface area contributed by atoms with Crippen LogP contribution >= 0.6 is 11.8 Å². The second kappa shape index (κ2) is 8.75. The van der Waals surface area contributed by atoms with Gasteiger partial charge in [0, 0.05) is 29.6 Å². The molecule has 1 heterocycles. The predicted molar refractivity (Wildman–Crippen MR) is 126 cm³/mol. The molecule has 0 aromatic heterocycles. The summed E-state index contributed by atoms with van der Waals surface area (Å²) in [4.78, 5) is 28.5. The highest BCUT2D eigenvalue weighted by molar-refractivity contribution is 8.00. The van der Waals surface area contributed by atoms with Crippen LogP contribution in [0.25, 0.3) is 10.8 Å². The maximum Gasteiger partial charge on any atom is 0.232 e. The van der Waals surface area contributed by atoms with Crippen molar-refractivity contribution in [3.05, 3.63) is 71.8 Å². The second-order valence-electron chi connectivity index (χ2n) is 8.36. The SMILES string of the molecule is O=C(Nc1ccccc1)C1CCN(C(=O)CSc2ccc3c4c(cccc24)CC3)CC1. The molecule has 0 radical (unpaired) electrons. The predicted octanol–water partition coefficient (Wildman–Crippen LogP) is 4.91. The van der Waals surface area contributed by atoms with Crippen molar-refractivity contribution in [2.75, 3.05) is 24.2 Å². The Morgan fingerprint density at radius 1 is 0.903 bits per heavy atom. The minimum absolute atomic E-state index is 0.0339. The van der Waals surface area contributed by atoms with Crippen molar-refractivity contribution in [2.24, 2.45) is 5.92 Å². The molecule has 5 rings (SSSR count). The van der Waals surface area contributed by atoms with Crippen LogP contribution in [0.15, 0.2) is 65.6 Å². The molecular weight excluding hydrogens is 404 g/mol. The Hall–Kier alpha value is -2.79. The first-order valence-electron chi connectivity index (χ1n) is 11.0. The summed E-state index contributed by atoms with van der Waals surface area (Å²) in [6.07, 6.45) is 3.67. The lowest BCUT2D eigenvalue weighted by Gasteiger charge is -2.31. The molecule has 0 saturated carbocycles. The Morgan fingerprint density at radius 3 is 2.42 bits per heavy atom. The topological polar surface area (TPSA) is 49.4 Å². The number of nitrogens with zero attached hydrogens (tertiary/aromatic N) is 1. The summed E-state index contributed by atoms with van der Waals surface area (Å²) in [5.41, 5.74) is 3.68. The summed E-state index contributed by atoms with van der Waals surface area (Å²) < 4.78 is 0. The molecule has 31 heavy (non-hydrogen) atoms. The average Bonchev–Trinajstić information content (AvgIpc) is 3.24. The van der Waals surface area contributed by atoms with Crippen molar-refractivity contribution in [1.82, 2.24) is 4.90 Å². The maximum absolute atomic E-state index is 12.8. The highest BCUT2D eigenvalue weighted by atomic mass is 32.2. The minimum atomic E-state index is -0.0339. The van der Waals surface area contributed by atoms with E-state index in [0.717, 1.165) is 31.4 Å². The third kappa shape index (κ3) is 4.19. The number of thioether (sulfide) groups is 1. The monoisotopic (exact) mass is 430 g/mol. The van der Waals surface area contributed by atoms with E-state index in [-0.39, 0.29) is 17.7 Å². The van der Waals surface area contributed by atoms with E-state index >= 15 is 0 Å². The van der Waals surface area contributed by atoms with E-state index in [1.54, 1.807) is 11.8 Å². The van der Waals surface area contributed by atoms with Crippen LogP contribution in [0.2, 0.25) is 0 Å². The number of hydrogen-bond acceptors (Lipinski definition) is 3. The zero-order valence-electron chi connectivity index (χ0n) is 17.5. The molecule has 1 aliphatic heterocycles. The van der Waals surface area contributed by atoms with Gasteiger partial charge in [0.2, 0.25) is 11.8 Å². The van der Waals surface area contributed by atoms with Gasteiger partial charge in [-0.1, -0.05) is 42.5 Å². The van der Waals surface area contributed by atoms with Crippen LogP contribution in [-0.4, -0.2) is 35.6 Å². The summed E-state index contributed by atoms with van der Waals surface area (Å²) in [6, 6.07) is 20.5. The van der Waals surface area contributed by atoms with Crippen molar-refractivity contribution in [3.63, 3.8) is 0 Å². The molecule has 2 aliphatic rings. The molecule has 1 aliphatic carbocycles. The first kappa shape index (κ1) is 20.1. The molecule has 0 spiro atoms. The average molecular weight is 431 g/mol. The molecule has 1 fully saturated rings. The van der Waals surface area contributed by atoms with E-state index in [1.807, 2.05) is 35.2 Å². The fourth-order valence-electron chi connectivity index (χ4n) is 4.73. The van der Waals surface area contributed by atoms with Gasteiger partial charge in [0.15, 0.2) is 0 Å². The Morgan fingerprint density at radius 2 is 1.65 bits per heavy atom. The highest BCUT2D eigenvalue weighted by Crippen LogP contribution is 2.36. The number of carbonyl (C=O) groups is 2. The zero-order valence-corrected chi connectivity index (χ0v) is 18.3. The van der Waals surface area contributed by atoms with E-state index in [0.29, 0.717) is 18.8 Å². The fourth-order valence-corrected chi connectivity index (χ4v) is 5.69. The van der Waals surface area contributed by atoms with Crippen LogP contribution < -0.4 is 5.32 Å². The molecule has 0 unspecified atom stereocenters. The lowest BCUT2D eigenvalue weighted by Crippen LogP contribution is -2.42. The van der Waals surface area contributed by atoms with Crippen molar-refractivity contribution in [3.8, 4) is 0 Å². The van der Waals surface area contributed by atoms with Gasteiger partial charge in [-0.05, 0) is 65.8 Å². The van der Waals surface area contributed by atoms with E-state index in [1.165, 1.54) is 26.8 Å². The van der Waals surface area contributed by atoms with Crippen LogP contribution in [0, 0.1) is 5.92 Å². The van der Waals surface area contributed by atoms with Crippen LogP contribution in [0.1, 0.15) is 24.0 Å². The Labute approximate surface area is 187 Å². The Kier molecular flexibility index (Phi) is 5.68. The summed E-state index contributed by atoms with van der Waals surface area (Å²) in [7, 11) is 0. The third-order valence-corrected chi connectivity index (χ3v) is 7.51. The van der Waals surface area contributed by atoms with Crippen molar-refractivity contribution in [1.29, 1.82) is 0 Å². The number of piperidine rings is 1. The number of para-hydroxylation sites is 1. The molecular formula is C26H26N2O2S. The molecule has 158 valence electrons. The van der Waals surface area contributed by atoms with E-state index in [4.69, 9.17) is 0 Å². The van der Waals surface area contributed by atoms with Crippen molar-refractivity contribution in [2.45, 2.75) is 30.6 Å². The van der Waals surface area contributed by atoms with Gasteiger partial charge < -0.3 is 10.2 Å². The molecule has 3 aromatic carbocycles. The number of nitrogens with one attached hydrogen (secondary N) is 1. The fraction of sp³-hybridized carbons (Fsp3) is 0.308. The summed E-state index contributed by atoms with van der Waals surface area (Å²) in [5, 5.41) is 5.66. The lowest BCUT2D eigenvalue weighted by atomic mass is 9.96. The zero-order chi connectivity index (χ0) is 21.2. The van der Waals surface area contributed by atoms with Crippen LogP contribution in [0.5, 0.6) is 0 Å². The third-order valence-electron chi connectivity index (χ3n) is 6.45. The molecule has 1 N–H and O–H groups in total. The molecule has 3 aromatic rings. The summed E-state index contributed by atoms with van der Waals surface area (Å²) in [6.45, 7) is 1.30. The van der Waals surface area contributed by atoms with Crippen molar-refractivity contribution < 1.29 is 9.59 Å². The molecule has 0 atom stereocenters. The van der Waals surface area contributed by atoms with E-state index in [2.05, 4.69) is 35.6 Å². The van der Waals surface area contributed by atoms with E-state index < -0.39 is 0 Å². The number of carbonyl (C=O) groups excluding carboxylic acids is 2. The van der Waals surface area contributed by atoms with Gasteiger partial charge in [-0.2, -0.15) is 0 Å². The summed E-state index contributed by atoms with van der Waals surface area (Å²) in [5.74, 6) is 0.628. The number of rotatable bonds is 5. The van der Waals surface area contributed by atoms with Crippen molar-refractivity contribution >= 4 is 40.0 Å². The number of aryl methyl sites for hydroxylation is 2. The van der Waals surface area contributed by atoms with Gasteiger partial charge in [0.1, 0.15) is 0 Å². The van der Waals surface area contributed by atoms with Gasteiger partial charge in [-0.15, -0.1) is 11.8 Å². The van der Waals surface area contributed by atoms with E-state index in [9.17, 15) is 9.59 Å². The first-order chi connectivity index (χ1) is 15.2. The Balaban J connectivity index is 1.16. The van der Waals surface area contributed by atoms with Crippen LogP contribution in [0.3, 0.4) is 0 Å².